The zero-order chi connectivity index (χ0) is 9.97. The molecule has 0 fully saturated rings. The van der Waals surface area contributed by atoms with Gasteiger partial charge in [0, 0.05) is 5.56 Å². The standard InChI is InChI=1S/C9H7BrN2OS/c1-13-7-4-2-3-6(5-7)8-11-9(10)14-12-8/h2-5H,1H3. The molecule has 0 saturated heterocycles. The van der Waals surface area contributed by atoms with Crippen molar-refractivity contribution in [3.05, 3.63) is 28.2 Å². The summed E-state index contributed by atoms with van der Waals surface area (Å²) in [6.45, 7) is 0. The molecule has 0 saturated carbocycles. The summed E-state index contributed by atoms with van der Waals surface area (Å²) in [4.78, 5) is 4.22. The van der Waals surface area contributed by atoms with Crippen LogP contribution >= 0.6 is 27.5 Å². The first kappa shape index (κ1) is 9.61. The van der Waals surface area contributed by atoms with E-state index in [9.17, 15) is 0 Å². The Balaban J connectivity index is 2.41. The Labute approximate surface area is 94.1 Å². The van der Waals surface area contributed by atoms with Crippen LogP contribution in [0.15, 0.2) is 28.2 Å². The van der Waals surface area contributed by atoms with Crippen LogP contribution in [-0.4, -0.2) is 16.5 Å². The number of hydrogen-bond donors (Lipinski definition) is 0. The lowest BCUT2D eigenvalue weighted by molar-refractivity contribution is 0.415. The van der Waals surface area contributed by atoms with Gasteiger partial charge < -0.3 is 4.74 Å². The van der Waals surface area contributed by atoms with E-state index in [1.165, 1.54) is 11.5 Å². The van der Waals surface area contributed by atoms with Gasteiger partial charge in [0.25, 0.3) is 0 Å². The fraction of sp³-hybridized carbons (Fsp3) is 0.111. The van der Waals surface area contributed by atoms with E-state index in [-0.39, 0.29) is 0 Å². The lowest BCUT2D eigenvalue weighted by atomic mass is 10.2. The Morgan fingerprint density at radius 3 is 2.93 bits per heavy atom. The third kappa shape index (κ3) is 1.93. The molecule has 0 radical (unpaired) electrons. The number of nitrogens with zero attached hydrogens (tertiary/aromatic N) is 2. The van der Waals surface area contributed by atoms with E-state index >= 15 is 0 Å². The molecule has 1 aromatic carbocycles. The third-order valence-electron chi connectivity index (χ3n) is 1.73. The van der Waals surface area contributed by atoms with Crippen LogP contribution in [0, 0.1) is 0 Å². The van der Waals surface area contributed by atoms with Crippen LogP contribution in [0.25, 0.3) is 11.4 Å². The van der Waals surface area contributed by atoms with Crippen LogP contribution < -0.4 is 4.74 Å². The number of methoxy groups -OCH3 is 1. The molecule has 5 heteroatoms. The number of rotatable bonds is 2. The van der Waals surface area contributed by atoms with Crippen molar-refractivity contribution in [1.82, 2.24) is 9.36 Å². The van der Waals surface area contributed by atoms with Crippen LogP contribution in [-0.2, 0) is 0 Å². The lowest BCUT2D eigenvalue weighted by Gasteiger charge is -2.00. The highest BCUT2D eigenvalue weighted by Crippen LogP contribution is 2.24. The second kappa shape index (κ2) is 4.06. The van der Waals surface area contributed by atoms with Crippen molar-refractivity contribution in [3.8, 4) is 17.1 Å². The molecule has 0 bridgehead atoms. The zero-order valence-corrected chi connectivity index (χ0v) is 9.80. The van der Waals surface area contributed by atoms with E-state index in [1.54, 1.807) is 7.11 Å². The minimum atomic E-state index is 0.723. The normalized spacial score (nSPS) is 10.1. The highest BCUT2D eigenvalue weighted by molar-refractivity contribution is 9.11. The molecule has 3 nitrogen and oxygen atoms in total. The second-order valence-electron chi connectivity index (χ2n) is 2.60. The van der Waals surface area contributed by atoms with Gasteiger partial charge in [0.1, 0.15) is 5.75 Å². The maximum absolute atomic E-state index is 5.12. The van der Waals surface area contributed by atoms with Crippen molar-refractivity contribution in [2.45, 2.75) is 0 Å². The Hall–Kier alpha value is -0.940. The molecule has 14 heavy (non-hydrogen) atoms. The quantitative estimate of drug-likeness (QED) is 0.842. The second-order valence-corrected chi connectivity index (χ2v) is 4.63. The summed E-state index contributed by atoms with van der Waals surface area (Å²) in [6.07, 6.45) is 0. The third-order valence-corrected chi connectivity index (χ3v) is 2.85. The van der Waals surface area contributed by atoms with E-state index in [0.29, 0.717) is 0 Å². The molecule has 0 atom stereocenters. The maximum Gasteiger partial charge on any atom is 0.179 e. The van der Waals surface area contributed by atoms with E-state index in [2.05, 4.69) is 25.3 Å². The highest BCUT2D eigenvalue weighted by Gasteiger charge is 2.05. The van der Waals surface area contributed by atoms with Crippen LogP contribution in [0.3, 0.4) is 0 Å². The Bertz CT molecular complexity index is 444. The van der Waals surface area contributed by atoms with Gasteiger partial charge in [0.05, 0.1) is 7.11 Å². The van der Waals surface area contributed by atoms with E-state index in [0.717, 1.165) is 21.1 Å². The maximum atomic E-state index is 5.12. The van der Waals surface area contributed by atoms with E-state index in [4.69, 9.17) is 4.74 Å². The average molecular weight is 271 g/mol. The molecule has 2 aromatic rings. The Morgan fingerprint density at radius 2 is 2.29 bits per heavy atom. The zero-order valence-electron chi connectivity index (χ0n) is 7.40. The smallest absolute Gasteiger partial charge is 0.179 e. The molecule has 0 aliphatic heterocycles. The molecular weight excluding hydrogens is 264 g/mol. The molecule has 1 heterocycles. The minimum Gasteiger partial charge on any atom is -0.497 e. The van der Waals surface area contributed by atoms with E-state index in [1.807, 2.05) is 24.3 Å². The Kier molecular flexibility index (Phi) is 2.79. The van der Waals surface area contributed by atoms with Crippen LogP contribution in [0.1, 0.15) is 0 Å². The predicted octanol–water partition coefficient (Wildman–Crippen LogP) is 2.98. The molecule has 0 N–H and O–H groups in total. The van der Waals surface area contributed by atoms with Crippen LogP contribution in [0.4, 0.5) is 0 Å². The SMILES string of the molecule is COc1cccc(-c2nsc(Br)n2)c1. The van der Waals surface area contributed by atoms with Crippen LogP contribution in [0.5, 0.6) is 5.75 Å². The molecule has 0 spiro atoms. The van der Waals surface area contributed by atoms with Gasteiger partial charge in [0.15, 0.2) is 9.74 Å². The van der Waals surface area contributed by atoms with Crippen molar-refractivity contribution >= 4 is 27.5 Å². The first-order chi connectivity index (χ1) is 6.79. The summed E-state index contributed by atoms with van der Waals surface area (Å²) >= 11 is 4.61. The lowest BCUT2D eigenvalue weighted by Crippen LogP contribution is -1.84. The summed E-state index contributed by atoms with van der Waals surface area (Å²) in [5.41, 5.74) is 0.964. The monoisotopic (exact) mass is 270 g/mol. The van der Waals surface area contributed by atoms with Crippen molar-refractivity contribution in [2.24, 2.45) is 0 Å². The summed E-state index contributed by atoms with van der Waals surface area (Å²) in [6, 6.07) is 7.68. The van der Waals surface area contributed by atoms with Gasteiger partial charge in [0.2, 0.25) is 0 Å². The molecule has 0 unspecified atom stereocenters. The van der Waals surface area contributed by atoms with Crippen molar-refractivity contribution < 1.29 is 4.74 Å². The first-order valence-corrected chi connectivity index (χ1v) is 5.50. The average Bonchev–Trinajstić information content (AvgIpc) is 2.65. The molecule has 1 aromatic heterocycles. The van der Waals surface area contributed by atoms with Gasteiger partial charge in [-0.2, -0.15) is 4.37 Å². The van der Waals surface area contributed by atoms with Gasteiger partial charge in [-0.15, -0.1) is 0 Å². The van der Waals surface area contributed by atoms with Gasteiger partial charge >= 0.3 is 0 Å². The van der Waals surface area contributed by atoms with Crippen LogP contribution in [0.2, 0.25) is 0 Å². The number of aromatic nitrogens is 2. The molecule has 2 rings (SSSR count). The van der Waals surface area contributed by atoms with Crippen molar-refractivity contribution in [3.63, 3.8) is 0 Å². The van der Waals surface area contributed by atoms with Gasteiger partial charge in [-0.3, -0.25) is 0 Å². The van der Waals surface area contributed by atoms with Gasteiger partial charge in [-0.05, 0) is 39.6 Å². The molecule has 0 aliphatic carbocycles. The van der Waals surface area contributed by atoms with Crippen molar-refractivity contribution in [2.75, 3.05) is 7.11 Å². The summed E-state index contributed by atoms with van der Waals surface area (Å²) in [7, 11) is 1.64. The predicted molar refractivity (Wildman–Crippen MR) is 59.6 cm³/mol. The van der Waals surface area contributed by atoms with E-state index < -0.39 is 0 Å². The van der Waals surface area contributed by atoms with Crippen molar-refractivity contribution in [1.29, 1.82) is 0 Å². The highest BCUT2D eigenvalue weighted by atomic mass is 79.9. The van der Waals surface area contributed by atoms with Gasteiger partial charge in [-0.1, -0.05) is 12.1 Å². The molecule has 72 valence electrons. The fourth-order valence-corrected chi connectivity index (χ4v) is 1.90. The fourth-order valence-electron chi connectivity index (χ4n) is 1.08. The molecule has 0 amide bonds. The first-order valence-electron chi connectivity index (χ1n) is 3.93. The number of ether oxygens (including phenoxy) is 1. The summed E-state index contributed by atoms with van der Waals surface area (Å²) < 4.78 is 10.1. The largest absolute Gasteiger partial charge is 0.497 e. The van der Waals surface area contributed by atoms with Gasteiger partial charge in [-0.25, -0.2) is 4.98 Å². The minimum absolute atomic E-state index is 0.723. The molecular formula is C9H7BrN2OS. The topological polar surface area (TPSA) is 35.0 Å². The summed E-state index contributed by atoms with van der Waals surface area (Å²) in [5.74, 6) is 1.54. The number of halogens is 1. The number of hydrogen-bond acceptors (Lipinski definition) is 4. The Morgan fingerprint density at radius 1 is 1.43 bits per heavy atom. The molecule has 0 aliphatic rings. The number of benzene rings is 1. The summed E-state index contributed by atoms with van der Waals surface area (Å²) in [5, 5.41) is 0.